The van der Waals surface area contributed by atoms with Crippen LogP contribution in [0.5, 0.6) is 0 Å². The van der Waals surface area contributed by atoms with Gasteiger partial charge in [0.05, 0.1) is 16.1 Å². The zero-order valence-corrected chi connectivity index (χ0v) is 14.7. The molecule has 3 heterocycles. The largest absolute Gasteiger partial charge is 0.420 e. The summed E-state index contributed by atoms with van der Waals surface area (Å²) in [4.78, 5) is 19.6. The molecule has 10 heteroatoms. The number of hydrogen-bond donors (Lipinski definition) is 3. The van der Waals surface area contributed by atoms with Crippen LogP contribution in [0.4, 0.5) is 19.1 Å². The molecule has 0 unspecified atom stereocenters. The number of halogens is 3. The second kappa shape index (κ2) is 7.20. The number of carbonyl (C=O) groups excluding carboxylic acids is 1. The van der Waals surface area contributed by atoms with Crippen molar-refractivity contribution in [3.63, 3.8) is 0 Å². The highest BCUT2D eigenvalue weighted by molar-refractivity contribution is 7.14. The summed E-state index contributed by atoms with van der Waals surface area (Å²) >= 11 is 0.988. The number of hydrogen-bond acceptors (Lipinski definition) is 6. The number of amides is 1. The summed E-state index contributed by atoms with van der Waals surface area (Å²) in [6.07, 6.45) is -3.08. The van der Waals surface area contributed by atoms with E-state index in [4.69, 9.17) is 5.73 Å². The highest BCUT2D eigenvalue weighted by Crippen LogP contribution is 2.39. The third-order valence-electron chi connectivity index (χ3n) is 4.34. The molecule has 0 saturated carbocycles. The highest BCUT2D eigenvalue weighted by atomic mass is 32.1. The Hall–Kier alpha value is -2.20. The summed E-state index contributed by atoms with van der Waals surface area (Å²) < 4.78 is 40.2. The van der Waals surface area contributed by atoms with E-state index in [-0.39, 0.29) is 34.0 Å². The van der Waals surface area contributed by atoms with Crippen molar-refractivity contribution in [2.24, 2.45) is 11.7 Å². The lowest BCUT2D eigenvalue weighted by Crippen LogP contribution is -2.42. The first-order chi connectivity index (χ1) is 12.3. The third kappa shape index (κ3) is 3.80. The molecule has 1 saturated heterocycles. The fourth-order valence-electron chi connectivity index (χ4n) is 2.91. The smallest absolute Gasteiger partial charge is 0.366 e. The SMILES string of the molecule is C[C@@H]1CNCC[C@@H]1Nc1ncc(C(F)(F)F)c(-c2sccc2C(N)=O)n1. The minimum absolute atomic E-state index is 0.0142. The van der Waals surface area contributed by atoms with Crippen LogP contribution in [0.1, 0.15) is 29.3 Å². The third-order valence-corrected chi connectivity index (χ3v) is 5.26. The molecule has 3 rings (SSSR count). The van der Waals surface area contributed by atoms with E-state index in [2.05, 4.69) is 20.6 Å². The lowest BCUT2D eigenvalue weighted by atomic mass is 9.95. The van der Waals surface area contributed by atoms with Crippen LogP contribution >= 0.6 is 11.3 Å². The lowest BCUT2D eigenvalue weighted by molar-refractivity contribution is -0.137. The maximum atomic E-state index is 13.4. The molecule has 140 valence electrons. The molecule has 26 heavy (non-hydrogen) atoms. The van der Waals surface area contributed by atoms with E-state index < -0.39 is 17.6 Å². The van der Waals surface area contributed by atoms with Crippen LogP contribution in [0, 0.1) is 5.92 Å². The second-order valence-electron chi connectivity index (χ2n) is 6.20. The molecule has 1 aliphatic rings. The Labute approximate surface area is 152 Å². The minimum atomic E-state index is -4.64. The summed E-state index contributed by atoms with van der Waals surface area (Å²) in [5.74, 6) is -0.411. The van der Waals surface area contributed by atoms with E-state index in [9.17, 15) is 18.0 Å². The minimum Gasteiger partial charge on any atom is -0.366 e. The van der Waals surface area contributed by atoms with Crippen LogP contribution in [-0.4, -0.2) is 35.0 Å². The molecule has 1 aliphatic heterocycles. The Morgan fingerprint density at radius 2 is 2.23 bits per heavy atom. The summed E-state index contributed by atoms with van der Waals surface area (Å²) in [5, 5.41) is 7.89. The topological polar surface area (TPSA) is 92.9 Å². The molecule has 0 radical (unpaired) electrons. The van der Waals surface area contributed by atoms with Crippen molar-refractivity contribution in [2.75, 3.05) is 18.4 Å². The molecule has 4 N–H and O–H groups in total. The van der Waals surface area contributed by atoms with E-state index in [0.717, 1.165) is 37.0 Å². The predicted octanol–water partition coefficient (Wildman–Crippen LogP) is 2.73. The van der Waals surface area contributed by atoms with Crippen molar-refractivity contribution < 1.29 is 18.0 Å². The quantitative estimate of drug-likeness (QED) is 0.753. The van der Waals surface area contributed by atoms with Gasteiger partial charge in [0.1, 0.15) is 5.56 Å². The molecule has 2 aromatic rings. The van der Waals surface area contributed by atoms with Gasteiger partial charge in [-0.1, -0.05) is 6.92 Å². The lowest BCUT2D eigenvalue weighted by Gasteiger charge is -2.30. The van der Waals surface area contributed by atoms with Gasteiger partial charge in [0.25, 0.3) is 0 Å². The first-order valence-corrected chi connectivity index (χ1v) is 8.94. The van der Waals surface area contributed by atoms with E-state index in [0.29, 0.717) is 0 Å². The van der Waals surface area contributed by atoms with Gasteiger partial charge in [-0.05, 0) is 36.9 Å². The molecule has 6 nitrogen and oxygen atoms in total. The molecule has 1 amide bonds. The molecular formula is C16H18F3N5OS. The average Bonchev–Trinajstić information content (AvgIpc) is 3.06. The van der Waals surface area contributed by atoms with Crippen molar-refractivity contribution in [3.05, 3.63) is 28.8 Å². The first kappa shape index (κ1) is 18.6. The molecule has 0 spiro atoms. The Morgan fingerprint density at radius 1 is 1.46 bits per heavy atom. The molecule has 2 aromatic heterocycles. The summed E-state index contributed by atoms with van der Waals surface area (Å²) in [5.41, 5.74) is 3.97. The number of rotatable bonds is 4. The fraction of sp³-hybridized carbons (Fsp3) is 0.438. The molecular weight excluding hydrogens is 367 g/mol. The van der Waals surface area contributed by atoms with Crippen molar-refractivity contribution in [3.8, 4) is 10.6 Å². The van der Waals surface area contributed by atoms with Crippen molar-refractivity contribution in [1.29, 1.82) is 0 Å². The van der Waals surface area contributed by atoms with Gasteiger partial charge in [0.15, 0.2) is 0 Å². The van der Waals surface area contributed by atoms with Gasteiger partial charge < -0.3 is 16.4 Å². The predicted molar refractivity (Wildman–Crippen MR) is 92.9 cm³/mol. The van der Waals surface area contributed by atoms with E-state index in [1.165, 1.54) is 11.4 Å². The normalized spacial score (nSPS) is 20.8. The van der Waals surface area contributed by atoms with Crippen LogP contribution in [0.15, 0.2) is 17.6 Å². The van der Waals surface area contributed by atoms with Gasteiger partial charge in [0.2, 0.25) is 11.9 Å². The van der Waals surface area contributed by atoms with Crippen molar-refractivity contribution in [2.45, 2.75) is 25.6 Å². The maximum Gasteiger partial charge on any atom is 0.420 e. The summed E-state index contributed by atoms with van der Waals surface area (Å²) in [6.45, 7) is 3.66. The number of nitrogens with zero attached hydrogens (tertiary/aromatic N) is 2. The van der Waals surface area contributed by atoms with Crippen LogP contribution in [0.25, 0.3) is 10.6 Å². The van der Waals surface area contributed by atoms with Gasteiger partial charge in [-0.15, -0.1) is 11.3 Å². The van der Waals surface area contributed by atoms with Gasteiger partial charge in [-0.25, -0.2) is 9.97 Å². The van der Waals surface area contributed by atoms with E-state index in [1.807, 2.05) is 6.92 Å². The zero-order valence-electron chi connectivity index (χ0n) is 13.9. The van der Waals surface area contributed by atoms with Crippen molar-refractivity contribution >= 4 is 23.2 Å². The monoisotopic (exact) mass is 385 g/mol. The zero-order chi connectivity index (χ0) is 18.9. The number of thiophene rings is 1. The van der Waals surface area contributed by atoms with E-state index in [1.54, 1.807) is 0 Å². The number of anilines is 1. The number of piperidine rings is 1. The maximum absolute atomic E-state index is 13.4. The molecule has 0 aliphatic carbocycles. The molecule has 1 fully saturated rings. The highest BCUT2D eigenvalue weighted by Gasteiger charge is 2.37. The van der Waals surface area contributed by atoms with Gasteiger partial charge >= 0.3 is 6.18 Å². The van der Waals surface area contributed by atoms with Crippen LogP contribution in [0.3, 0.4) is 0 Å². The first-order valence-electron chi connectivity index (χ1n) is 8.06. The molecule has 0 bridgehead atoms. The Bertz CT molecular complexity index is 807. The second-order valence-corrected chi connectivity index (χ2v) is 7.12. The number of nitrogens with two attached hydrogens (primary N) is 1. The van der Waals surface area contributed by atoms with E-state index >= 15 is 0 Å². The van der Waals surface area contributed by atoms with Crippen molar-refractivity contribution in [1.82, 2.24) is 15.3 Å². The van der Waals surface area contributed by atoms with Gasteiger partial charge in [-0.2, -0.15) is 13.2 Å². The van der Waals surface area contributed by atoms with Crippen LogP contribution < -0.4 is 16.4 Å². The van der Waals surface area contributed by atoms with Gasteiger partial charge in [0, 0.05) is 12.2 Å². The van der Waals surface area contributed by atoms with Gasteiger partial charge in [-0.3, -0.25) is 4.79 Å². The molecule has 2 atom stereocenters. The average molecular weight is 385 g/mol. The number of nitrogens with one attached hydrogen (secondary N) is 2. The molecule has 0 aromatic carbocycles. The Kier molecular flexibility index (Phi) is 5.15. The van der Waals surface area contributed by atoms with Crippen LogP contribution in [-0.2, 0) is 6.18 Å². The fourth-order valence-corrected chi connectivity index (χ4v) is 3.82. The Balaban J connectivity index is 2.02. The summed E-state index contributed by atoms with van der Waals surface area (Å²) in [7, 11) is 0. The number of aromatic nitrogens is 2. The standard InChI is InChI=1S/C16H18F3N5OS/c1-8-6-21-4-2-11(8)23-15-22-7-10(16(17,18)19)12(24-15)13-9(14(20)25)3-5-26-13/h3,5,7-8,11,21H,2,4,6H2,1H3,(H2,20,25)(H,22,23,24)/t8-,11+/m1/s1. The number of carbonyl (C=O) groups is 1. The number of primary amides is 1. The number of alkyl halides is 3. The van der Waals surface area contributed by atoms with Crippen LogP contribution in [0.2, 0.25) is 0 Å². The summed E-state index contributed by atoms with van der Waals surface area (Å²) in [6, 6.07) is 1.45. The Morgan fingerprint density at radius 3 is 2.88 bits per heavy atom.